The molecule has 4 rings (SSSR count). The molecule has 2 aromatic rings. The molecule has 8 heteroatoms. The van der Waals surface area contributed by atoms with Gasteiger partial charge in [-0.25, -0.2) is 0 Å². The minimum absolute atomic E-state index is 0.137. The summed E-state index contributed by atoms with van der Waals surface area (Å²) in [4.78, 5) is 26.4. The second-order valence-electron chi connectivity index (χ2n) is 5.97. The largest absolute Gasteiger partial charge is 0.478 e. The van der Waals surface area contributed by atoms with Crippen LogP contribution < -0.4 is 10.1 Å². The zero-order valence-electron chi connectivity index (χ0n) is 13.4. The van der Waals surface area contributed by atoms with E-state index in [1.165, 1.54) is 0 Å². The van der Waals surface area contributed by atoms with Crippen LogP contribution in [0.2, 0.25) is 0 Å². The van der Waals surface area contributed by atoms with Gasteiger partial charge < -0.3 is 19.5 Å². The molecule has 0 radical (unpaired) electrons. The molecule has 8 nitrogen and oxygen atoms in total. The Labute approximate surface area is 138 Å². The third-order valence-corrected chi connectivity index (χ3v) is 4.39. The summed E-state index contributed by atoms with van der Waals surface area (Å²) in [6.07, 6.45) is -0.626. The summed E-state index contributed by atoms with van der Waals surface area (Å²) in [5.41, 5.74) is 0.976. The highest BCUT2D eigenvalue weighted by Gasteiger charge is 2.31. The number of aromatic nitrogens is 3. The van der Waals surface area contributed by atoms with Crippen LogP contribution in [0.5, 0.6) is 5.75 Å². The fourth-order valence-corrected chi connectivity index (χ4v) is 3.04. The van der Waals surface area contributed by atoms with Gasteiger partial charge in [0, 0.05) is 13.1 Å². The fourth-order valence-electron chi connectivity index (χ4n) is 3.04. The van der Waals surface area contributed by atoms with Crippen molar-refractivity contribution >= 4 is 17.5 Å². The molecule has 2 aliphatic rings. The number of hydrogen-bond acceptors (Lipinski definition) is 5. The van der Waals surface area contributed by atoms with Gasteiger partial charge in [-0.3, -0.25) is 9.59 Å². The second kappa shape index (κ2) is 5.33. The van der Waals surface area contributed by atoms with Crippen molar-refractivity contribution in [3.8, 4) is 5.75 Å². The Balaban J connectivity index is 1.64. The van der Waals surface area contributed by atoms with Crippen LogP contribution in [0.4, 0.5) is 5.69 Å². The number of anilines is 1. The molecule has 0 saturated carbocycles. The monoisotopic (exact) mass is 327 g/mol. The Bertz CT molecular complexity index is 844. The van der Waals surface area contributed by atoms with Gasteiger partial charge in [0.25, 0.3) is 11.8 Å². The SMILES string of the molecule is Cc1nnc2n1CCN(C(=O)c1cccc3c1OC(C)C(=O)N3)C2. The first-order valence-corrected chi connectivity index (χ1v) is 7.83. The molecule has 124 valence electrons. The minimum atomic E-state index is -0.626. The van der Waals surface area contributed by atoms with E-state index in [0.29, 0.717) is 36.6 Å². The molecular formula is C16H17N5O3. The third-order valence-electron chi connectivity index (χ3n) is 4.39. The van der Waals surface area contributed by atoms with Crippen molar-refractivity contribution in [1.29, 1.82) is 0 Å². The molecule has 0 bridgehead atoms. The first kappa shape index (κ1) is 14.7. The number of benzene rings is 1. The van der Waals surface area contributed by atoms with Crippen LogP contribution in [0.1, 0.15) is 28.9 Å². The molecule has 1 N–H and O–H groups in total. The summed E-state index contributed by atoms with van der Waals surface area (Å²) in [5, 5.41) is 10.9. The van der Waals surface area contributed by atoms with Gasteiger partial charge in [-0.1, -0.05) is 6.07 Å². The normalized spacial score (nSPS) is 19.2. The lowest BCUT2D eigenvalue weighted by Crippen LogP contribution is -2.40. The summed E-state index contributed by atoms with van der Waals surface area (Å²) in [5.74, 6) is 1.71. The smallest absolute Gasteiger partial charge is 0.265 e. The lowest BCUT2D eigenvalue weighted by atomic mass is 10.1. The van der Waals surface area contributed by atoms with E-state index in [4.69, 9.17) is 4.74 Å². The van der Waals surface area contributed by atoms with E-state index >= 15 is 0 Å². The summed E-state index contributed by atoms with van der Waals surface area (Å²) in [6, 6.07) is 5.18. The molecule has 3 heterocycles. The first-order valence-electron chi connectivity index (χ1n) is 7.83. The van der Waals surface area contributed by atoms with Gasteiger partial charge in [0.1, 0.15) is 5.82 Å². The van der Waals surface area contributed by atoms with Gasteiger partial charge in [-0.15, -0.1) is 10.2 Å². The van der Waals surface area contributed by atoms with Crippen molar-refractivity contribution in [1.82, 2.24) is 19.7 Å². The van der Waals surface area contributed by atoms with Crippen molar-refractivity contribution in [2.75, 3.05) is 11.9 Å². The second-order valence-corrected chi connectivity index (χ2v) is 5.97. The number of nitrogens with one attached hydrogen (secondary N) is 1. The van der Waals surface area contributed by atoms with Crippen LogP contribution in [-0.4, -0.2) is 44.1 Å². The van der Waals surface area contributed by atoms with Gasteiger partial charge in [0.15, 0.2) is 17.7 Å². The number of nitrogens with zero attached hydrogens (tertiary/aromatic N) is 4. The molecule has 0 spiro atoms. The van der Waals surface area contributed by atoms with Crippen LogP contribution >= 0.6 is 0 Å². The number of rotatable bonds is 1. The maximum absolute atomic E-state index is 13.0. The average Bonchev–Trinajstić information content (AvgIpc) is 2.95. The molecule has 2 aliphatic heterocycles. The van der Waals surface area contributed by atoms with Crippen LogP contribution in [0, 0.1) is 6.92 Å². The van der Waals surface area contributed by atoms with Crippen LogP contribution in [0.25, 0.3) is 0 Å². The molecule has 24 heavy (non-hydrogen) atoms. The molecule has 1 unspecified atom stereocenters. The highest BCUT2D eigenvalue weighted by atomic mass is 16.5. The number of fused-ring (bicyclic) bond motifs is 2. The van der Waals surface area contributed by atoms with Gasteiger partial charge in [0.2, 0.25) is 0 Å². The van der Waals surface area contributed by atoms with Crippen molar-refractivity contribution in [3.63, 3.8) is 0 Å². The fraction of sp³-hybridized carbons (Fsp3) is 0.375. The molecule has 1 aromatic carbocycles. The number of aryl methyl sites for hydroxylation is 1. The quantitative estimate of drug-likeness (QED) is 0.843. The van der Waals surface area contributed by atoms with E-state index in [-0.39, 0.29) is 11.8 Å². The molecule has 1 atom stereocenters. The lowest BCUT2D eigenvalue weighted by Gasteiger charge is -2.30. The van der Waals surface area contributed by atoms with Crippen molar-refractivity contribution < 1.29 is 14.3 Å². The summed E-state index contributed by atoms with van der Waals surface area (Å²) < 4.78 is 7.68. The van der Waals surface area contributed by atoms with E-state index in [9.17, 15) is 9.59 Å². The number of amides is 2. The molecular weight excluding hydrogens is 310 g/mol. The number of para-hydroxylation sites is 1. The zero-order chi connectivity index (χ0) is 16.8. The Hall–Kier alpha value is -2.90. The molecule has 0 fully saturated rings. The Kier molecular flexibility index (Phi) is 3.26. The van der Waals surface area contributed by atoms with Gasteiger partial charge in [-0.2, -0.15) is 0 Å². The molecule has 0 aliphatic carbocycles. The Morgan fingerprint density at radius 1 is 1.33 bits per heavy atom. The number of carbonyl (C=O) groups excluding carboxylic acids is 2. The van der Waals surface area contributed by atoms with E-state index in [1.54, 1.807) is 30.0 Å². The maximum atomic E-state index is 13.0. The van der Waals surface area contributed by atoms with E-state index in [0.717, 1.165) is 11.6 Å². The topological polar surface area (TPSA) is 89.3 Å². The Morgan fingerprint density at radius 2 is 2.17 bits per heavy atom. The van der Waals surface area contributed by atoms with E-state index in [1.807, 2.05) is 11.5 Å². The first-order chi connectivity index (χ1) is 11.5. The number of carbonyl (C=O) groups is 2. The summed E-state index contributed by atoms with van der Waals surface area (Å²) in [6.45, 7) is 5.22. The number of ether oxygens (including phenoxy) is 1. The van der Waals surface area contributed by atoms with Gasteiger partial charge >= 0.3 is 0 Å². The van der Waals surface area contributed by atoms with Gasteiger partial charge in [0.05, 0.1) is 17.8 Å². The van der Waals surface area contributed by atoms with Crippen molar-refractivity contribution in [2.45, 2.75) is 33.0 Å². The van der Waals surface area contributed by atoms with E-state index < -0.39 is 6.10 Å². The predicted octanol–water partition coefficient (Wildman–Crippen LogP) is 0.962. The molecule has 1 aromatic heterocycles. The maximum Gasteiger partial charge on any atom is 0.265 e. The van der Waals surface area contributed by atoms with Crippen molar-refractivity contribution in [2.24, 2.45) is 0 Å². The van der Waals surface area contributed by atoms with E-state index in [2.05, 4.69) is 15.5 Å². The van der Waals surface area contributed by atoms with Crippen LogP contribution in [0.3, 0.4) is 0 Å². The lowest BCUT2D eigenvalue weighted by molar-refractivity contribution is -0.122. The highest BCUT2D eigenvalue weighted by Crippen LogP contribution is 2.34. The highest BCUT2D eigenvalue weighted by molar-refractivity contribution is 6.04. The average molecular weight is 327 g/mol. The third kappa shape index (κ3) is 2.22. The predicted molar refractivity (Wildman–Crippen MR) is 84.7 cm³/mol. The standard InChI is InChI=1S/C16H17N5O3/c1-9-15(22)17-12-5-3-4-11(14(12)24-9)16(23)20-6-7-21-10(2)18-19-13(21)8-20/h3-5,9H,6-8H2,1-2H3,(H,17,22). The van der Waals surface area contributed by atoms with Crippen LogP contribution in [-0.2, 0) is 17.9 Å². The van der Waals surface area contributed by atoms with Crippen molar-refractivity contribution in [3.05, 3.63) is 35.4 Å². The van der Waals surface area contributed by atoms with Crippen LogP contribution in [0.15, 0.2) is 18.2 Å². The summed E-state index contributed by atoms with van der Waals surface area (Å²) in [7, 11) is 0. The minimum Gasteiger partial charge on any atom is -0.478 e. The van der Waals surface area contributed by atoms with Gasteiger partial charge in [-0.05, 0) is 26.0 Å². The summed E-state index contributed by atoms with van der Waals surface area (Å²) >= 11 is 0. The Morgan fingerprint density at radius 3 is 3.00 bits per heavy atom. The molecule has 0 saturated heterocycles. The zero-order valence-corrected chi connectivity index (χ0v) is 13.4. The number of hydrogen-bond donors (Lipinski definition) is 1. The molecule has 2 amide bonds.